The van der Waals surface area contributed by atoms with Gasteiger partial charge in [-0.2, -0.15) is 0 Å². The van der Waals surface area contributed by atoms with Crippen molar-refractivity contribution in [2.24, 2.45) is 0 Å². The van der Waals surface area contributed by atoms with Gasteiger partial charge in [0.15, 0.2) is 0 Å². The third-order valence-electron chi connectivity index (χ3n) is 6.10. The fourth-order valence-corrected chi connectivity index (χ4v) is 4.59. The van der Waals surface area contributed by atoms with E-state index in [1.807, 2.05) is 43.6 Å². The summed E-state index contributed by atoms with van der Waals surface area (Å²) in [5, 5.41) is 7.81. The van der Waals surface area contributed by atoms with E-state index in [4.69, 9.17) is 0 Å². The molecule has 0 bridgehead atoms. The van der Waals surface area contributed by atoms with Crippen LogP contribution in [0.25, 0.3) is 33.0 Å². The van der Waals surface area contributed by atoms with Crippen LogP contribution in [0.4, 0.5) is 0 Å². The van der Waals surface area contributed by atoms with Crippen LogP contribution in [0, 0.1) is 6.92 Å². The Kier molecular flexibility index (Phi) is 5.15. The van der Waals surface area contributed by atoms with E-state index in [1.54, 1.807) is 0 Å². The molecule has 2 aromatic carbocycles. The predicted molar refractivity (Wildman–Crippen MR) is 128 cm³/mol. The molecule has 0 fully saturated rings. The van der Waals surface area contributed by atoms with Crippen molar-refractivity contribution in [2.75, 3.05) is 13.1 Å². The van der Waals surface area contributed by atoms with E-state index < -0.39 is 0 Å². The summed E-state index contributed by atoms with van der Waals surface area (Å²) in [5.41, 5.74) is 5.54. The average molecular weight is 427 g/mol. The molecule has 0 saturated heterocycles. The Morgan fingerprint density at radius 1 is 0.969 bits per heavy atom. The number of aromatic nitrogens is 2. The second kappa shape index (κ2) is 8.13. The molecule has 0 aliphatic carbocycles. The van der Waals surface area contributed by atoms with Gasteiger partial charge in [0.2, 0.25) is 0 Å². The highest BCUT2D eigenvalue weighted by Gasteiger charge is 2.35. The summed E-state index contributed by atoms with van der Waals surface area (Å²) in [7, 11) is 0. The number of rotatable bonds is 7. The second-order valence-electron chi connectivity index (χ2n) is 8.25. The van der Waals surface area contributed by atoms with Gasteiger partial charge < -0.3 is 14.9 Å². The van der Waals surface area contributed by atoms with Gasteiger partial charge in [0, 0.05) is 51.9 Å². The van der Waals surface area contributed by atoms with Crippen molar-refractivity contribution in [2.45, 2.75) is 26.8 Å². The van der Waals surface area contributed by atoms with Crippen molar-refractivity contribution in [3.8, 4) is 0 Å². The molecule has 2 aromatic heterocycles. The smallest absolute Gasteiger partial charge is 0.259 e. The number of benzene rings is 2. The zero-order valence-corrected chi connectivity index (χ0v) is 18.3. The number of carbonyl (C=O) groups is 2. The van der Waals surface area contributed by atoms with Gasteiger partial charge in [-0.05, 0) is 44.6 Å². The maximum atomic E-state index is 13.0. The molecule has 1 aliphatic rings. The average Bonchev–Trinajstić information content (AvgIpc) is 3.44. The van der Waals surface area contributed by atoms with Gasteiger partial charge in [-0.15, -0.1) is 0 Å². The van der Waals surface area contributed by atoms with Gasteiger partial charge in [-0.3, -0.25) is 14.9 Å². The number of aryl methyl sites for hydroxylation is 2. The lowest BCUT2D eigenvalue weighted by molar-refractivity contribution is -0.122. The molecule has 0 saturated carbocycles. The van der Waals surface area contributed by atoms with E-state index in [0.717, 1.165) is 64.6 Å². The van der Waals surface area contributed by atoms with Crippen LogP contribution in [0.15, 0.2) is 54.9 Å². The van der Waals surface area contributed by atoms with E-state index in [-0.39, 0.29) is 11.8 Å². The standard InChI is InChI=1S/C26H26N4O2/c1-3-27-11-6-12-30-15-20(18-13-16(2)9-10-22(18)30)24-23(25(31)29-26(24)32)19-14-28-21-8-5-4-7-17(19)21/h4-5,7-10,13-15,27-28H,3,6,11-12H2,1-2H3,(H,29,31,32). The maximum absolute atomic E-state index is 13.0. The number of carbonyl (C=O) groups excluding carboxylic acids is 2. The Morgan fingerprint density at radius 3 is 2.56 bits per heavy atom. The molecule has 2 amide bonds. The van der Waals surface area contributed by atoms with E-state index in [2.05, 4.69) is 45.3 Å². The summed E-state index contributed by atoms with van der Waals surface area (Å²) in [5.74, 6) is -0.695. The van der Waals surface area contributed by atoms with Crippen LogP contribution in [0.3, 0.4) is 0 Å². The Morgan fingerprint density at radius 2 is 1.75 bits per heavy atom. The minimum atomic E-state index is -0.351. The summed E-state index contributed by atoms with van der Waals surface area (Å²) in [6, 6.07) is 14.1. The normalized spacial score (nSPS) is 14.2. The summed E-state index contributed by atoms with van der Waals surface area (Å²) in [4.78, 5) is 29.2. The fourth-order valence-electron chi connectivity index (χ4n) is 4.59. The number of imide groups is 1. The summed E-state index contributed by atoms with van der Waals surface area (Å²) in [6.45, 7) is 6.85. The number of hydrogen-bond donors (Lipinski definition) is 3. The number of fused-ring (bicyclic) bond motifs is 2. The molecule has 3 N–H and O–H groups in total. The third kappa shape index (κ3) is 3.33. The van der Waals surface area contributed by atoms with Crippen molar-refractivity contribution in [1.29, 1.82) is 0 Å². The van der Waals surface area contributed by atoms with Gasteiger partial charge >= 0.3 is 0 Å². The van der Waals surface area contributed by atoms with Gasteiger partial charge in [-0.25, -0.2) is 0 Å². The quantitative estimate of drug-likeness (QED) is 0.309. The first kappa shape index (κ1) is 20.3. The third-order valence-corrected chi connectivity index (χ3v) is 6.10. The predicted octanol–water partition coefficient (Wildman–Crippen LogP) is 4.00. The van der Waals surface area contributed by atoms with Crippen molar-refractivity contribution < 1.29 is 9.59 Å². The first-order valence-corrected chi connectivity index (χ1v) is 11.1. The number of para-hydroxylation sites is 1. The number of nitrogens with zero attached hydrogens (tertiary/aromatic N) is 1. The summed E-state index contributed by atoms with van der Waals surface area (Å²) >= 11 is 0. The molecular formula is C26H26N4O2. The molecular weight excluding hydrogens is 400 g/mol. The molecule has 3 heterocycles. The fraction of sp³-hybridized carbons (Fsp3) is 0.231. The van der Waals surface area contributed by atoms with Crippen molar-refractivity contribution in [3.05, 3.63) is 71.5 Å². The number of nitrogens with one attached hydrogen (secondary N) is 3. The van der Waals surface area contributed by atoms with Gasteiger partial charge in [-0.1, -0.05) is 36.8 Å². The Balaban J connectivity index is 1.71. The van der Waals surface area contributed by atoms with Crippen molar-refractivity contribution in [1.82, 2.24) is 20.2 Å². The van der Waals surface area contributed by atoms with Crippen LogP contribution in [0.1, 0.15) is 30.0 Å². The molecule has 32 heavy (non-hydrogen) atoms. The lowest BCUT2D eigenvalue weighted by Gasteiger charge is -2.06. The molecule has 5 rings (SSSR count). The molecule has 1 aliphatic heterocycles. The molecule has 4 aromatic rings. The van der Waals surface area contributed by atoms with Gasteiger partial charge in [0.25, 0.3) is 11.8 Å². The maximum Gasteiger partial charge on any atom is 0.259 e. The zero-order valence-electron chi connectivity index (χ0n) is 18.3. The summed E-state index contributed by atoms with van der Waals surface area (Å²) in [6.07, 6.45) is 4.82. The van der Waals surface area contributed by atoms with Gasteiger partial charge in [0.1, 0.15) is 0 Å². The monoisotopic (exact) mass is 426 g/mol. The van der Waals surface area contributed by atoms with Crippen LogP contribution in [-0.4, -0.2) is 34.5 Å². The second-order valence-corrected chi connectivity index (χ2v) is 8.25. The lowest BCUT2D eigenvalue weighted by Crippen LogP contribution is -2.22. The van der Waals surface area contributed by atoms with Crippen molar-refractivity contribution in [3.63, 3.8) is 0 Å². The summed E-state index contributed by atoms with van der Waals surface area (Å²) < 4.78 is 2.19. The SMILES string of the molecule is CCNCCCn1cc(C2=C(c3c[nH]c4ccccc34)C(=O)NC2=O)c2cc(C)ccc21. The number of hydrogen-bond acceptors (Lipinski definition) is 3. The molecule has 162 valence electrons. The van der Waals surface area contributed by atoms with Crippen LogP contribution in [0.5, 0.6) is 0 Å². The number of amides is 2. The Bertz CT molecular complexity index is 1390. The van der Waals surface area contributed by atoms with Crippen LogP contribution < -0.4 is 10.6 Å². The van der Waals surface area contributed by atoms with E-state index in [0.29, 0.717) is 11.1 Å². The molecule has 0 atom stereocenters. The Hall–Kier alpha value is -3.64. The van der Waals surface area contributed by atoms with E-state index >= 15 is 0 Å². The van der Waals surface area contributed by atoms with Crippen LogP contribution in [0.2, 0.25) is 0 Å². The highest BCUT2D eigenvalue weighted by atomic mass is 16.2. The number of aromatic amines is 1. The highest BCUT2D eigenvalue weighted by Crippen LogP contribution is 2.38. The van der Waals surface area contributed by atoms with Crippen LogP contribution >= 0.6 is 0 Å². The first-order valence-electron chi connectivity index (χ1n) is 11.1. The highest BCUT2D eigenvalue weighted by molar-refractivity contribution is 6.50. The van der Waals surface area contributed by atoms with E-state index in [1.165, 1.54) is 0 Å². The molecule has 6 nitrogen and oxygen atoms in total. The largest absolute Gasteiger partial charge is 0.361 e. The van der Waals surface area contributed by atoms with Crippen LogP contribution in [-0.2, 0) is 16.1 Å². The van der Waals surface area contributed by atoms with E-state index in [9.17, 15) is 9.59 Å². The molecule has 0 unspecified atom stereocenters. The zero-order chi connectivity index (χ0) is 22.2. The first-order chi connectivity index (χ1) is 15.6. The molecule has 0 spiro atoms. The minimum Gasteiger partial charge on any atom is -0.361 e. The van der Waals surface area contributed by atoms with Crippen molar-refractivity contribution >= 4 is 44.8 Å². The number of H-pyrrole nitrogens is 1. The van der Waals surface area contributed by atoms with Gasteiger partial charge in [0.05, 0.1) is 11.1 Å². The topological polar surface area (TPSA) is 78.9 Å². The Labute approximate surface area is 186 Å². The molecule has 6 heteroatoms. The lowest BCUT2D eigenvalue weighted by atomic mass is 9.95. The molecule has 0 radical (unpaired) electrons. The minimum absolute atomic E-state index is 0.344.